The van der Waals surface area contributed by atoms with Gasteiger partial charge < -0.3 is 10.4 Å². The van der Waals surface area contributed by atoms with Gasteiger partial charge in [0.15, 0.2) is 11.4 Å². The molecule has 0 spiro atoms. The van der Waals surface area contributed by atoms with Gasteiger partial charge in [0.05, 0.1) is 25.8 Å². The lowest BCUT2D eigenvalue weighted by atomic mass is 9.89. The average molecular weight is 387 g/mol. The minimum Gasteiger partial charge on any atom is -0.375 e. The third kappa shape index (κ3) is 2.42. The first kappa shape index (κ1) is 14.7. The molecule has 1 aliphatic heterocycles. The first-order valence-corrected chi connectivity index (χ1v) is 8.02. The Bertz CT molecular complexity index is 760. The molecule has 0 bridgehead atoms. The molecule has 2 N–H and O–H groups in total. The molecule has 1 aliphatic rings. The van der Waals surface area contributed by atoms with E-state index in [-0.39, 0.29) is 12.2 Å². The van der Waals surface area contributed by atoms with E-state index in [1.165, 1.54) is 11.3 Å². The normalized spacial score (nSPS) is 20.2. The Hall–Kier alpha value is -1.21. The van der Waals surface area contributed by atoms with E-state index in [4.69, 9.17) is 11.6 Å². The number of halogens is 2. The van der Waals surface area contributed by atoms with E-state index in [1.54, 1.807) is 30.3 Å². The number of amides is 1. The van der Waals surface area contributed by atoms with Gasteiger partial charge in [0.2, 0.25) is 0 Å². The van der Waals surface area contributed by atoms with Crippen molar-refractivity contribution in [3.63, 3.8) is 0 Å². The van der Waals surface area contributed by atoms with Crippen molar-refractivity contribution in [2.45, 2.75) is 12.0 Å². The molecule has 1 aromatic carbocycles. The minimum atomic E-state index is -1.88. The van der Waals surface area contributed by atoms with Crippen LogP contribution >= 0.6 is 38.9 Å². The van der Waals surface area contributed by atoms with Crippen LogP contribution in [0.4, 0.5) is 5.69 Å². The maximum atomic E-state index is 12.3. The minimum absolute atomic E-state index is 0.295. The summed E-state index contributed by atoms with van der Waals surface area (Å²) < 4.78 is 0.817. The predicted molar refractivity (Wildman–Crippen MR) is 84.9 cm³/mol. The number of hydrogen-bond acceptors (Lipinski definition) is 4. The van der Waals surface area contributed by atoms with Crippen LogP contribution < -0.4 is 5.32 Å². The van der Waals surface area contributed by atoms with Gasteiger partial charge in [-0.1, -0.05) is 23.7 Å². The van der Waals surface area contributed by atoms with Crippen molar-refractivity contribution in [3.8, 4) is 0 Å². The lowest BCUT2D eigenvalue weighted by molar-refractivity contribution is -0.133. The van der Waals surface area contributed by atoms with Crippen LogP contribution in [0.5, 0.6) is 0 Å². The Morgan fingerprint density at radius 1 is 1.38 bits per heavy atom. The maximum absolute atomic E-state index is 12.3. The van der Waals surface area contributed by atoms with Gasteiger partial charge in [-0.2, -0.15) is 0 Å². The molecular weight excluding hydrogens is 378 g/mol. The molecule has 2 heterocycles. The van der Waals surface area contributed by atoms with Crippen molar-refractivity contribution in [1.82, 2.24) is 0 Å². The number of Topliss-reactive ketones (excluding diaryl/α,β-unsaturated/α-hetero) is 1. The quantitative estimate of drug-likeness (QED) is 0.793. The fourth-order valence-corrected chi connectivity index (χ4v) is 3.84. The zero-order valence-corrected chi connectivity index (χ0v) is 13.7. The monoisotopic (exact) mass is 385 g/mol. The first-order chi connectivity index (χ1) is 9.91. The third-order valence-electron chi connectivity index (χ3n) is 3.34. The molecule has 0 radical (unpaired) electrons. The Labute approximate surface area is 137 Å². The van der Waals surface area contributed by atoms with Gasteiger partial charge >= 0.3 is 0 Å². The van der Waals surface area contributed by atoms with Crippen LogP contribution in [0.15, 0.2) is 34.1 Å². The Kier molecular flexibility index (Phi) is 3.65. The topological polar surface area (TPSA) is 66.4 Å². The molecule has 4 nitrogen and oxygen atoms in total. The Morgan fingerprint density at radius 2 is 2.14 bits per heavy atom. The smallest absolute Gasteiger partial charge is 0.261 e. The number of nitrogens with one attached hydrogen (secondary N) is 1. The van der Waals surface area contributed by atoms with Gasteiger partial charge in [-0.15, -0.1) is 11.3 Å². The van der Waals surface area contributed by atoms with Crippen LogP contribution in [0.3, 0.4) is 0 Å². The number of fused-ring (bicyclic) bond motifs is 1. The highest BCUT2D eigenvalue weighted by atomic mass is 79.9. The number of carbonyl (C=O) groups excluding carboxylic acids is 2. The van der Waals surface area contributed by atoms with Crippen molar-refractivity contribution >= 4 is 56.2 Å². The maximum Gasteiger partial charge on any atom is 0.261 e. The van der Waals surface area contributed by atoms with E-state index >= 15 is 0 Å². The van der Waals surface area contributed by atoms with Crippen LogP contribution in [-0.2, 0) is 10.4 Å². The summed E-state index contributed by atoms with van der Waals surface area (Å²) in [6.45, 7) is 0. The largest absolute Gasteiger partial charge is 0.375 e. The Morgan fingerprint density at radius 3 is 2.81 bits per heavy atom. The number of carbonyl (C=O) groups is 2. The van der Waals surface area contributed by atoms with E-state index in [0.29, 0.717) is 21.2 Å². The zero-order chi connectivity index (χ0) is 15.2. The molecule has 21 heavy (non-hydrogen) atoms. The van der Waals surface area contributed by atoms with Crippen LogP contribution in [0.1, 0.15) is 21.7 Å². The molecule has 0 saturated carbocycles. The summed E-state index contributed by atoms with van der Waals surface area (Å²) in [5.74, 6) is -0.925. The number of hydrogen-bond donors (Lipinski definition) is 2. The summed E-state index contributed by atoms with van der Waals surface area (Å²) in [5, 5.41) is 13.6. The van der Waals surface area contributed by atoms with Gasteiger partial charge in [-0.3, -0.25) is 9.59 Å². The lowest BCUT2D eigenvalue weighted by Crippen LogP contribution is -2.36. The number of anilines is 1. The average Bonchev–Trinajstić information content (AvgIpc) is 2.96. The molecule has 1 aromatic heterocycles. The number of para-hydroxylation sites is 1. The van der Waals surface area contributed by atoms with Crippen molar-refractivity contribution in [3.05, 3.63) is 49.6 Å². The van der Waals surface area contributed by atoms with Gasteiger partial charge in [-0.05, 0) is 34.1 Å². The summed E-state index contributed by atoms with van der Waals surface area (Å²) >= 11 is 10.5. The highest BCUT2D eigenvalue weighted by molar-refractivity contribution is 9.11. The number of benzene rings is 1. The fourth-order valence-electron chi connectivity index (χ4n) is 2.29. The number of ketones is 1. The molecule has 3 rings (SSSR count). The van der Waals surface area contributed by atoms with Crippen LogP contribution in [0, 0.1) is 0 Å². The zero-order valence-electron chi connectivity index (χ0n) is 10.5. The van der Waals surface area contributed by atoms with Gasteiger partial charge in [0, 0.05) is 5.56 Å². The first-order valence-electron chi connectivity index (χ1n) is 6.03. The van der Waals surface area contributed by atoms with Crippen molar-refractivity contribution in [1.29, 1.82) is 0 Å². The summed E-state index contributed by atoms with van der Waals surface area (Å²) in [7, 11) is 0. The highest BCUT2D eigenvalue weighted by Crippen LogP contribution is 2.42. The molecule has 7 heteroatoms. The van der Waals surface area contributed by atoms with E-state index in [1.807, 2.05) is 0 Å². The molecule has 0 unspecified atom stereocenters. The van der Waals surface area contributed by atoms with Gasteiger partial charge in [0.1, 0.15) is 0 Å². The van der Waals surface area contributed by atoms with Gasteiger partial charge in [0.25, 0.3) is 5.91 Å². The second-order valence-corrected chi connectivity index (χ2v) is 7.55. The van der Waals surface area contributed by atoms with Crippen LogP contribution in [0.25, 0.3) is 0 Å². The molecule has 1 amide bonds. The summed E-state index contributed by atoms with van der Waals surface area (Å²) in [5.41, 5.74) is -1.18. The highest BCUT2D eigenvalue weighted by Gasteiger charge is 2.47. The number of thiophene rings is 1. The molecular formula is C14H9BrClNO3S. The number of aliphatic hydroxyl groups is 1. The fraction of sp³-hybridized carbons (Fsp3) is 0.143. The van der Waals surface area contributed by atoms with Crippen molar-refractivity contribution < 1.29 is 14.7 Å². The van der Waals surface area contributed by atoms with E-state index in [0.717, 1.165) is 3.79 Å². The van der Waals surface area contributed by atoms with Crippen LogP contribution in [0.2, 0.25) is 5.02 Å². The van der Waals surface area contributed by atoms with E-state index in [2.05, 4.69) is 21.2 Å². The summed E-state index contributed by atoms with van der Waals surface area (Å²) in [4.78, 5) is 24.9. The van der Waals surface area contributed by atoms with E-state index < -0.39 is 11.5 Å². The summed E-state index contributed by atoms with van der Waals surface area (Å²) in [6.07, 6.45) is -0.320. The molecule has 0 fully saturated rings. The second kappa shape index (κ2) is 5.21. The molecule has 1 atom stereocenters. The van der Waals surface area contributed by atoms with Crippen molar-refractivity contribution in [2.75, 3.05) is 5.32 Å². The Balaban J connectivity index is 1.97. The van der Waals surface area contributed by atoms with Crippen LogP contribution in [-0.4, -0.2) is 16.8 Å². The van der Waals surface area contributed by atoms with Gasteiger partial charge in [-0.25, -0.2) is 0 Å². The second-order valence-electron chi connectivity index (χ2n) is 4.68. The predicted octanol–water partition coefficient (Wildman–Crippen LogP) is 3.58. The van der Waals surface area contributed by atoms with E-state index in [9.17, 15) is 14.7 Å². The standard InChI is InChI=1S/C14H9BrClNO3S/c15-11-5-4-10(21-11)9(18)6-14(20)7-2-1-3-8(16)12(7)17-13(14)19/h1-5,20H,6H2,(H,17,19)/t14-/m0/s1. The molecule has 0 aliphatic carbocycles. The molecule has 2 aromatic rings. The third-order valence-corrected chi connectivity index (χ3v) is 5.32. The lowest BCUT2D eigenvalue weighted by Gasteiger charge is -2.19. The SMILES string of the molecule is O=C(C[C@@]1(O)C(=O)Nc2c(Cl)cccc21)c1ccc(Br)s1. The van der Waals surface area contributed by atoms with Crippen molar-refractivity contribution in [2.24, 2.45) is 0 Å². The molecule has 108 valence electrons. The number of rotatable bonds is 3. The summed E-state index contributed by atoms with van der Waals surface area (Å²) in [6, 6.07) is 8.26. The molecule has 0 saturated heterocycles.